The van der Waals surface area contributed by atoms with Crippen LogP contribution in [0.15, 0.2) is 48.8 Å². The first-order valence-electron chi connectivity index (χ1n) is 10.7. The normalized spacial score (nSPS) is 11.5. The van der Waals surface area contributed by atoms with Gasteiger partial charge >= 0.3 is 0 Å². The Labute approximate surface area is 190 Å². The summed E-state index contributed by atoms with van der Waals surface area (Å²) >= 11 is 6.27. The second-order valence-electron chi connectivity index (χ2n) is 7.85. The number of tetrazole rings is 1. The molecule has 0 bridgehead atoms. The van der Waals surface area contributed by atoms with Crippen LogP contribution in [0.1, 0.15) is 36.7 Å². The van der Waals surface area contributed by atoms with Gasteiger partial charge in [-0.2, -0.15) is 0 Å². The minimum Gasteiger partial charge on any atom is -0.312 e. The zero-order chi connectivity index (χ0) is 22.1. The highest BCUT2D eigenvalue weighted by Crippen LogP contribution is 2.26. The number of aromatic amines is 1. The molecule has 5 aromatic rings. The van der Waals surface area contributed by atoms with Gasteiger partial charge in [0.2, 0.25) is 0 Å². The zero-order valence-corrected chi connectivity index (χ0v) is 18.7. The summed E-state index contributed by atoms with van der Waals surface area (Å²) in [6.07, 6.45) is 6.90. The lowest BCUT2D eigenvalue weighted by molar-refractivity contribution is 0.686. The molecule has 0 aliphatic carbocycles. The highest BCUT2D eigenvalue weighted by atomic mass is 35.5. The van der Waals surface area contributed by atoms with E-state index >= 15 is 0 Å². The van der Waals surface area contributed by atoms with Crippen molar-refractivity contribution in [3.63, 3.8) is 0 Å². The largest absolute Gasteiger partial charge is 0.312 e. The number of unbranched alkanes of at least 4 members (excludes halogenated alkanes) is 1. The summed E-state index contributed by atoms with van der Waals surface area (Å²) in [5.74, 6) is 1.65. The Kier molecular flexibility index (Phi) is 5.45. The van der Waals surface area contributed by atoms with Gasteiger partial charge in [0.15, 0.2) is 11.5 Å². The van der Waals surface area contributed by atoms with Gasteiger partial charge in [-0.3, -0.25) is 0 Å². The molecule has 5 rings (SSSR count). The van der Waals surface area contributed by atoms with E-state index in [2.05, 4.69) is 68.3 Å². The predicted octanol–water partition coefficient (Wildman–Crippen LogP) is 4.75. The Balaban J connectivity index is 1.48. The molecule has 0 spiro atoms. The van der Waals surface area contributed by atoms with Crippen molar-refractivity contribution in [2.75, 3.05) is 0 Å². The molecule has 1 N–H and O–H groups in total. The summed E-state index contributed by atoms with van der Waals surface area (Å²) < 4.78 is 4.21. The molecule has 0 amide bonds. The minimum absolute atomic E-state index is 0.563. The highest BCUT2D eigenvalue weighted by Gasteiger charge is 2.15. The Morgan fingerprint density at radius 2 is 1.97 bits per heavy atom. The van der Waals surface area contributed by atoms with Crippen molar-refractivity contribution in [1.82, 2.24) is 39.7 Å². The Morgan fingerprint density at radius 3 is 2.72 bits per heavy atom. The van der Waals surface area contributed by atoms with Crippen molar-refractivity contribution in [3.05, 3.63) is 70.8 Å². The van der Waals surface area contributed by atoms with Crippen LogP contribution in [0.2, 0.25) is 5.02 Å². The van der Waals surface area contributed by atoms with Gasteiger partial charge in [0.25, 0.3) is 0 Å². The SMILES string of the molecule is CCCCc1nc2c(C)ccnc2n1Cc1ccc(-n2cc(Cl)cc2-c2nnn[nH]2)cc1. The van der Waals surface area contributed by atoms with Gasteiger partial charge in [0, 0.05) is 24.5 Å². The fourth-order valence-corrected chi connectivity index (χ4v) is 4.11. The topological polar surface area (TPSA) is 90.1 Å². The van der Waals surface area contributed by atoms with E-state index in [1.165, 1.54) is 5.56 Å². The van der Waals surface area contributed by atoms with E-state index in [0.717, 1.165) is 59.7 Å². The van der Waals surface area contributed by atoms with E-state index in [9.17, 15) is 0 Å². The molecule has 4 aromatic heterocycles. The van der Waals surface area contributed by atoms with E-state index in [0.29, 0.717) is 10.8 Å². The lowest BCUT2D eigenvalue weighted by Crippen LogP contribution is -2.06. The third-order valence-corrected chi connectivity index (χ3v) is 5.81. The number of H-pyrrole nitrogens is 1. The first-order valence-corrected chi connectivity index (χ1v) is 11.0. The summed E-state index contributed by atoms with van der Waals surface area (Å²) in [4.78, 5) is 9.55. The third-order valence-electron chi connectivity index (χ3n) is 5.60. The van der Waals surface area contributed by atoms with Gasteiger partial charge in [-0.25, -0.2) is 15.1 Å². The molecule has 8 nitrogen and oxygen atoms in total. The lowest BCUT2D eigenvalue weighted by atomic mass is 10.2. The standard InChI is InChI=1S/C23H23ClN8/c1-3-4-5-20-26-21-15(2)10-11-25-23(21)32(20)13-16-6-8-18(9-7-16)31-14-17(24)12-19(31)22-27-29-30-28-22/h6-12,14H,3-5,13H2,1-2H3,(H,27,28,29,30). The van der Waals surface area contributed by atoms with Crippen LogP contribution in [0.5, 0.6) is 0 Å². The number of halogens is 1. The molecule has 0 unspecified atom stereocenters. The fraction of sp³-hybridized carbons (Fsp3) is 0.261. The number of benzene rings is 1. The van der Waals surface area contributed by atoms with Gasteiger partial charge < -0.3 is 9.13 Å². The van der Waals surface area contributed by atoms with E-state index < -0.39 is 0 Å². The molecule has 162 valence electrons. The molecule has 4 heterocycles. The first-order chi connectivity index (χ1) is 15.6. The van der Waals surface area contributed by atoms with Crippen LogP contribution in [-0.2, 0) is 13.0 Å². The Bertz CT molecular complexity index is 1350. The molecule has 0 aliphatic heterocycles. The number of pyridine rings is 1. The molecule has 0 saturated carbocycles. The van der Waals surface area contributed by atoms with E-state index in [4.69, 9.17) is 16.6 Å². The average Bonchev–Trinajstić information content (AvgIpc) is 3.53. The maximum Gasteiger partial charge on any atom is 0.196 e. The smallest absolute Gasteiger partial charge is 0.196 e. The van der Waals surface area contributed by atoms with Crippen molar-refractivity contribution < 1.29 is 0 Å². The molecule has 9 heteroatoms. The van der Waals surface area contributed by atoms with Crippen LogP contribution in [0.4, 0.5) is 0 Å². The number of imidazole rings is 1. The molecule has 0 atom stereocenters. The van der Waals surface area contributed by atoms with Crippen LogP contribution < -0.4 is 0 Å². The molecule has 1 aromatic carbocycles. The number of rotatable bonds is 7. The number of aryl methyl sites for hydroxylation is 2. The lowest BCUT2D eigenvalue weighted by Gasteiger charge is -2.11. The fourth-order valence-electron chi connectivity index (χ4n) is 3.91. The highest BCUT2D eigenvalue weighted by molar-refractivity contribution is 6.30. The van der Waals surface area contributed by atoms with E-state index in [1.807, 2.05) is 29.1 Å². The summed E-state index contributed by atoms with van der Waals surface area (Å²) in [7, 11) is 0. The summed E-state index contributed by atoms with van der Waals surface area (Å²) in [6, 6.07) is 12.2. The Morgan fingerprint density at radius 1 is 1.12 bits per heavy atom. The minimum atomic E-state index is 0.563. The van der Waals surface area contributed by atoms with Crippen LogP contribution >= 0.6 is 11.6 Å². The van der Waals surface area contributed by atoms with Gasteiger partial charge in [-0.1, -0.05) is 37.1 Å². The van der Waals surface area contributed by atoms with Crippen molar-refractivity contribution in [3.8, 4) is 17.2 Å². The third kappa shape index (κ3) is 3.78. The molecular formula is C23H23ClN8. The van der Waals surface area contributed by atoms with Gasteiger partial charge in [0.1, 0.15) is 11.3 Å². The Hall–Kier alpha value is -3.52. The number of aromatic nitrogens is 8. The number of hydrogen-bond acceptors (Lipinski definition) is 5. The summed E-state index contributed by atoms with van der Waals surface area (Å²) in [5, 5.41) is 14.8. The van der Waals surface area contributed by atoms with Gasteiger partial charge in [0.05, 0.1) is 17.3 Å². The predicted molar refractivity (Wildman–Crippen MR) is 124 cm³/mol. The van der Waals surface area contributed by atoms with Crippen LogP contribution in [0.25, 0.3) is 28.4 Å². The zero-order valence-electron chi connectivity index (χ0n) is 18.0. The molecule has 0 radical (unpaired) electrons. The number of nitrogens with one attached hydrogen (secondary N) is 1. The number of hydrogen-bond donors (Lipinski definition) is 1. The van der Waals surface area contributed by atoms with Crippen molar-refractivity contribution in [2.45, 2.75) is 39.7 Å². The van der Waals surface area contributed by atoms with Gasteiger partial charge in [-0.05, 0) is 59.2 Å². The molecule has 0 aliphatic rings. The first kappa shape index (κ1) is 20.4. The molecule has 32 heavy (non-hydrogen) atoms. The van der Waals surface area contributed by atoms with Crippen LogP contribution in [-0.4, -0.2) is 39.7 Å². The molecule has 0 fully saturated rings. The number of nitrogens with zero attached hydrogens (tertiary/aromatic N) is 7. The van der Waals surface area contributed by atoms with Crippen molar-refractivity contribution >= 4 is 22.8 Å². The quantitative estimate of drug-likeness (QED) is 0.389. The second kappa shape index (κ2) is 8.55. The van der Waals surface area contributed by atoms with Crippen LogP contribution in [0.3, 0.4) is 0 Å². The van der Waals surface area contributed by atoms with Crippen molar-refractivity contribution in [2.24, 2.45) is 0 Å². The molecule has 0 saturated heterocycles. The summed E-state index contributed by atoms with van der Waals surface area (Å²) in [6.45, 7) is 5.01. The summed E-state index contributed by atoms with van der Waals surface area (Å²) in [5.41, 5.74) is 6.04. The maximum atomic E-state index is 6.27. The monoisotopic (exact) mass is 446 g/mol. The van der Waals surface area contributed by atoms with E-state index in [-0.39, 0.29) is 0 Å². The number of fused-ring (bicyclic) bond motifs is 1. The van der Waals surface area contributed by atoms with Crippen LogP contribution in [0, 0.1) is 6.92 Å². The van der Waals surface area contributed by atoms with E-state index in [1.54, 1.807) is 0 Å². The molecular weight excluding hydrogens is 424 g/mol. The average molecular weight is 447 g/mol. The second-order valence-corrected chi connectivity index (χ2v) is 8.28. The maximum absolute atomic E-state index is 6.27. The van der Waals surface area contributed by atoms with Crippen molar-refractivity contribution in [1.29, 1.82) is 0 Å². The van der Waals surface area contributed by atoms with Gasteiger partial charge in [-0.15, -0.1) is 5.10 Å².